The predicted molar refractivity (Wildman–Crippen MR) is 84.0 cm³/mol. The average molecular weight is 273 g/mol. The van der Waals surface area contributed by atoms with Gasteiger partial charge in [0.15, 0.2) is 0 Å². The Morgan fingerprint density at radius 3 is 2.75 bits per heavy atom. The zero-order chi connectivity index (χ0) is 15.0. The summed E-state index contributed by atoms with van der Waals surface area (Å²) in [5.41, 5.74) is 8.31. The first kappa shape index (κ1) is 16.2. The summed E-state index contributed by atoms with van der Waals surface area (Å²) in [6, 6.07) is 6.07. The number of amides is 1. The molecule has 1 rings (SSSR count). The molecule has 0 spiro atoms. The predicted octanol–water partition coefficient (Wildman–Crippen LogP) is 3.06. The lowest BCUT2D eigenvalue weighted by Gasteiger charge is -2.05. The minimum absolute atomic E-state index is 0.232. The Morgan fingerprint density at radius 2 is 2.10 bits per heavy atom. The molecule has 0 bridgehead atoms. The maximum Gasteiger partial charge on any atom is 0.221 e. The Morgan fingerprint density at radius 1 is 1.35 bits per heavy atom. The van der Waals surface area contributed by atoms with Crippen LogP contribution >= 0.6 is 0 Å². The van der Waals surface area contributed by atoms with E-state index in [1.165, 1.54) is 0 Å². The molecule has 1 atom stereocenters. The van der Waals surface area contributed by atoms with Gasteiger partial charge in [0.25, 0.3) is 0 Å². The fraction of sp³-hybridized carbons (Fsp3) is 0.353. The molecule has 1 aromatic carbocycles. The number of hydrogen-bond donors (Lipinski definition) is 2. The summed E-state index contributed by atoms with van der Waals surface area (Å²) < 4.78 is 0. The zero-order valence-corrected chi connectivity index (χ0v) is 12.2. The minimum Gasteiger partial charge on any atom is -0.389 e. The third-order valence-electron chi connectivity index (χ3n) is 2.94. The highest BCUT2D eigenvalue weighted by atomic mass is 16.3. The first-order valence-electron chi connectivity index (χ1n) is 6.94. The molecule has 0 aromatic heterocycles. The topological polar surface area (TPSA) is 63.3 Å². The van der Waals surface area contributed by atoms with E-state index in [0.29, 0.717) is 0 Å². The fourth-order valence-electron chi connectivity index (χ4n) is 1.90. The number of carbonyl (C=O) groups is 1. The number of carbonyl (C=O) groups excluding carboxylic acids is 1. The normalized spacial score (nSPS) is 13.2. The SMILES string of the molecule is CCCC(O)/C=C/c1cc(C)ccc1/C=C/CC(N)=O. The molecular formula is C17H23NO2. The van der Waals surface area contributed by atoms with Crippen molar-refractivity contribution in [3.05, 3.63) is 47.0 Å². The Hall–Kier alpha value is -1.87. The van der Waals surface area contributed by atoms with Gasteiger partial charge in [0.2, 0.25) is 5.91 Å². The van der Waals surface area contributed by atoms with E-state index in [1.54, 1.807) is 6.08 Å². The standard InChI is InChI=1S/C17H23NO2/c1-3-5-16(19)11-10-15-12-13(2)8-9-14(15)6-4-7-17(18)20/h4,6,8-12,16,19H,3,5,7H2,1-2H3,(H2,18,20)/b6-4+,11-10+. The smallest absolute Gasteiger partial charge is 0.221 e. The lowest BCUT2D eigenvalue weighted by atomic mass is 10.0. The van der Waals surface area contributed by atoms with Gasteiger partial charge in [-0.15, -0.1) is 0 Å². The van der Waals surface area contributed by atoms with Crippen molar-refractivity contribution in [2.75, 3.05) is 0 Å². The Kier molecular flexibility index (Phi) is 6.74. The van der Waals surface area contributed by atoms with Crippen LogP contribution in [-0.2, 0) is 4.79 Å². The van der Waals surface area contributed by atoms with Crippen LogP contribution in [0.3, 0.4) is 0 Å². The van der Waals surface area contributed by atoms with Crippen molar-refractivity contribution in [1.82, 2.24) is 0 Å². The van der Waals surface area contributed by atoms with Gasteiger partial charge in [-0.05, 0) is 24.5 Å². The molecule has 0 saturated heterocycles. The highest BCUT2D eigenvalue weighted by Gasteiger charge is 2.00. The summed E-state index contributed by atoms with van der Waals surface area (Å²) >= 11 is 0. The number of rotatable bonds is 7. The zero-order valence-electron chi connectivity index (χ0n) is 12.2. The molecular weight excluding hydrogens is 250 g/mol. The molecule has 1 unspecified atom stereocenters. The van der Waals surface area contributed by atoms with E-state index in [2.05, 4.69) is 6.07 Å². The highest BCUT2D eigenvalue weighted by molar-refractivity contribution is 5.77. The number of aryl methyl sites for hydroxylation is 1. The maximum atomic E-state index is 10.7. The summed E-state index contributed by atoms with van der Waals surface area (Å²) in [6.07, 6.45) is 8.90. The van der Waals surface area contributed by atoms with Crippen molar-refractivity contribution in [3.63, 3.8) is 0 Å². The number of aliphatic hydroxyl groups excluding tert-OH is 1. The molecule has 0 aliphatic carbocycles. The van der Waals surface area contributed by atoms with Crippen molar-refractivity contribution in [3.8, 4) is 0 Å². The summed E-state index contributed by atoms with van der Waals surface area (Å²) in [6.45, 7) is 4.07. The molecule has 108 valence electrons. The van der Waals surface area contributed by atoms with Crippen molar-refractivity contribution in [2.24, 2.45) is 5.73 Å². The number of primary amides is 1. The van der Waals surface area contributed by atoms with E-state index in [1.807, 2.05) is 44.2 Å². The van der Waals surface area contributed by atoms with Crippen LogP contribution < -0.4 is 5.73 Å². The molecule has 0 saturated carbocycles. The van der Waals surface area contributed by atoms with Gasteiger partial charge in [-0.25, -0.2) is 0 Å². The molecule has 0 fully saturated rings. The second-order valence-corrected chi connectivity index (χ2v) is 4.92. The van der Waals surface area contributed by atoms with E-state index in [9.17, 15) is 9.90 Å². The summed E-state index contributed by atoms with van der Waals surface area (Å²) in [4.78, 5) is 10.7. The molecule has 1 amide bonds. The fourth-order valence-corrected chi connectivity index (χ4v) is 1.90. The summed E-state index contributed by atoms with van der Waals surface area (Å²) in [5.74, 6) is -0.344. The van der Waals surface area contributed by atoms with Crippen molar-refractivity contribution >= 4 is 18.1 Å². The molecule has 20 heavy (non-hydrogen) atoms. The van der Waals surface area contributed by atoms with Crippen LogP contribution in [0.2, 0.25) is 0 Å². The van der Waals surface area contributed by atoms with Gasteiger partial charge in [0, 0.05) is 6.42 Å². The van der Waals surface area contributed by atoms with E-state index >= 15 is 0 Å². The molecule has 3 N–H and O–H groups in total. The largest absolute Gasteiger partial charge is 0.389 e. The number of aliphatic hydroxyl groups is 1. The van der Waals surface area contributed by atoms with Crippen LogP contribution in [-0.4, -0.2) is 17.1 Å². The maximum absolute atomic E-state index is 10.7. The van der Waals surface area contributed by atoms with Gasteiger partial charge < -0.3 is 10.8 Å². The van der Waals surface area contributed by atoms with E-state index in [-0.39, 0.29) is 12.3 Å². The third kappa shape index (κ3) is 5.85. The third-order valence-corrected chi connectivity index (χ3v) is 2.94. The Bertz CT molecular complexity index is 504. The van der Waals surface area contributed by atoms with Crippen molar-refractivity contribution in [1.29, 1.82) is 0 Å². The molecule has 0 radical (unpaired) electrons. The molecule has 0 heterocycles. The molecule has 0 aliphatic rings. The van der Waals surface area contributed by atoms with Gasteiger partial charge >= 0.3 is 0 Å². The Labute approximate surface area is 120 Å². The van der Waals surface area contributed by atoms with Gasteiger partial charge in [-0.3, -0.25) is 4.79 Å². The summed E-state index contributed by atoms with van der Waals surface area (Å²) in [7, 11) is 0. The van der Waals surface area contributed by atoms with Crippen LogP contribution in [0, 0.1) is 6.92 Å². The van der Waals surface area contributed by atoms with Gasteiger partial charge in [0.05, 0.1) is 6.10 Å². The van der Waals surface area contributed by atoms with Crippen molar-refractivity contribution in [2.45, 2.75) is 39.2 Å². The average Bonchev–Trinajstić information content (AvgIpc) is 2.38. The summed E-state index contributed by atoms with van der Waals surface area (Å²) in [5, 5.41) is 9.75. The minimum atomic E-state index is -0.414. The Balaban J connectivity index is 2.90. The molecule has 3 heteroatoms. The monoisotopic (exact) mass is 273 g/mol. The van der Waals surface area contributed by atoms with E-state index in [4.69, 9.17) is 5.73 Å². The molecule has 3 nitrogen and oxygen atoms in total. The van der Waals surface area contributed by atoms with Crippen molar-refractivity contribution < 1.29 is 9.90 Å². The van der Waals surface area contributed by atoms with Gasteiger partial charge in [-0.1, -0.05) is 61.4 Å². The second-order valence-electron chi connectivity index (χ2n) is 4.92. The van der Waals surface area contributed by atoms with Crippen LogP contribution in [0.4, 0.5) is 0 Å². The number of hydrogen-bond acceptors (Lipinski definition) is 2. The first-order valence-corrected chi connectivity index (χ1v) is 6.94. The van der Waals surface area contributed by atoms with E-state index in [0.717, 1.165) is 29.5 Å². The highest BCUT2D eigenvalue weighted by Crippen LogP contribution is 2.16. The second kappa shape index (κ2) is 8.33. The van der Waals surface area contributed by atoms with Crippen LogP contribution in [0.1, 0.15) is 42.9 Å². The quantitative estimate of drug-likeness (QED) is 0.802. The molecule has 0 aliphatic heterocycles. The lowest BCUT2D eigenvalue weighted by molar-refractivity contribution is -0.117. The van der Waals surface area contributed by atoms with Crippen LogP contribution in [0.15, 0.2) is 30.4 Å². The number of nitrogens with two attached hydrogens (primary N) is 1. The van der Waals surface area contributed by atoms with Crippen LogP contribution in [0.5, 0.6) is 0 Å². The first-order chi connectivity index (χ1) is 9.52. The van der Waals surface area contributed by atoms with Crippen LogP contribution in [0.25, 0.3) is 12.2 Å². The molecule has 1 aromatic rings. The van der Waals surface area contributed by atoms with Gasteiger partial charge in [-0.2, -0.15) is 0 Å². The lowest BCUT2D eigenvalue weighted by Crippen LogP contribution is -2.07. The van der Waals surface area contributed by atoms with E-state index < -0.39 is 6.10 Å². The van der Waals surface area contributed by atoms with Gasteiger partial charge in [0.1, 0.15) is 0 Å². The number of benzene rings is 1.